The summed E-state index contributed by atoms with van der Waals surface area (Å²) in [5.74, 6) is -5.25. The quantitative estimate of drug-likeness (QED) is 0.326. The fourth-order valence-corrected chi connectivity index (χ4v) is 6.84. The standard InChI is InChI=1S/C32H27F3N2O5/c1-16(2)28(31(41)42-15-23(38)36-18-9-7-8-17(14-18)32(33,34)35)37-29(39)26-24-19-10-3-4-11-20(19)25(27(26)30(37)40)22-13-6-5-12-21(22)24/h3-14,16,24-28H,15H2,1-2H3,(H,36,38)/t24?,25?,26-,27+,28-/m1/s1. The van der Waals surface area contributed by atoms with Crippen LogP contribution in [0.2, 0.25) is 0 Å². The third-order valence-corrected chi connectivity index (χ3v) is 8.45. The van der Waals surface area contributed by atoms with Crippen molar-refractivity contribution in [2.24, 2.45) is 17.8 Å². The van der Waals surface area contributed by atoms with Gasteiger partial charge in [0.25, 0.3) is 5.91 Å². The molecule has 7 rings (SSSR count). The number of likely N-dealkylation sites (tertiary alicyclic amines) is 1. The van der Waals surface area contributed by atoms with E-state index in [2.05, 4.69) is 5.32 Å². The Kier molecular flexibility index (Phi) is 6.67. The number of hydrogen-bond donors (Lipinski definition) is 1. The minimum atomic E-state index is -4.59. The molecule has 3 amide bonds. The molecular weight excluding hydrogens is 549 g/mol. The van der Waals surface area contributed by atoms with Crippen LogP contribution < -0.4 is 5.32 Å². The lowest BCUT2D eigenvalue weighted by Crippen LogP contribution is -2.49. The molecule has 1 saturated heterocycles. The van der Waals surface area contributed by atoms with Gasteiger partial charge in [0.2, 0.25) is 11.8 Å². The summed E-state index contributed by atoms with van der Waals surface area (Å²) >= 11 is 0. The molecule has 0 radical (unpaired) electrons. The second kappa shape index (κ2) is 10.1. The average Bonchev–Trinajstić information content (AvgIpc) is 3.21. The van der Waals surface area contributed by atoms with Gasteiger partial charge in [-0.15, -0.1) is 0 Å². The van der Waals surface area contributed by atoms with Crippen molar-refractivity contribution in [1.82, 2.24) is 4.90 Å². The summed E-state index contributed by atoms with van der Waals surface area (Å²) in [6, 6.07) is 18.4. The van der Waals surface area contributed by atoms with Gasteiger partial charge in [-0.25, -0.2) is 4.79 Å². The first kappa shape index (κ1) is 27.7. The second-order valence-electron chi connectivity index (χ2n) is 11.2. The largest absolute Gasteiger partial charge is 0.454 e. The zero-order valence-electron chi connectivity index (χ0n) is 22.7. The number of carbonyl (C=O) groups is 4. The van der Waals surface area contributed by atoms with Gasteiger partial charge in [0, 0.05) is 17.5 Å². The van der Waals surface area contributed by atoms with Crippen molar-refractivity contribution >= 4 is 29.4 Å². The van der Waals surface area contributed by atoms with Gasteiger partial charge in [0.05, 0.1) is 17.4 Å². The predicted octanol–water partition coefficient (Wildman–Crippen LogP) is 5.10. The fraction of sp³-hybridized carbons (Fsp3) is 0.312. The van der Waals surface area contributed by atoms with E-state index in [1.807, 2.05) is 48.5 Å². The van der Waals surface area contributed by atoms with E-state index in [0.29, 0.717) is 0 Å². The number of rotatable bonds is 6. The third kappa shape index (κ3) is 4.36. The van der Waals surface area contributed by atoms with Crippen molar-refractivity contribution in [3.05, 3.63) is 101 Å². The van der Waals surface area contributed by atoms with Crippen molar-refractivity contribution in [2.45, 2.75) is 37.9 Å². The van der Waals surface area contributed by atoms with Crippen LogP contribution in [0.4, 0.5) is 18.9 Å². The van der Waals surface area contributed by atoms with Crippen LogP contribution in [0, 0.1) is 17.8 Å². The number of ether oxygens (including phenoxy) is 1. The number of esters is 1. The summed E-state index contributed by atoms with van der Waals surface area (Å²) in [7, 11) is 0. The lowest BCUT2D eigenvalue weighted by molar-refractivity contribution is -0.162. The Morgan fingerprint density at radius 1 is 0.833 bits per heavy atom. The lowest BCUT2D eigenvalue weighted by Gasteiger charge is -2.45. The van der Waals surface area contributed by atoms with Gasteiger partial charge in [0.1, 0.15) is 6.04 Å². The first-order chi connectivity index (χ1) is 20.0. The molecule has 216 valence electrons. The number of anilines is 1. The summed E-state index contributed by atoms with van der Waals surface area (Å²) in [6.45, 7) is 2.55. The van der Waals surface area contributed by atoms with E-state index in [-0.39, 0.29) is 17.5 Å². The molecule has 3 aromatic carbocycles. The summed E-state index contributed by atoms with van der Waals surface area (Å²) in [4.78, 5) is 54.9. The van der Waals surface area contributed by atoms with Gasteiger partial charge >= 0.3 is 12.1 Å². The molecule has 0 spiro atoms. The Hall–Kier alpha value is -4.47. The van der Waals surface area contributed by atoms with Crippen LogP contribution in [0.15, 0.2) is 72.8 Å². The first-order valence-electron chi connectivity index (χ1n) is 13.7. The topological polar surface area (TPSA) is 92.8 Å². The number of hydrogen-bond acceptors (Lipinski definition) is 5. The number of benzene rings is 3. The number of alkyl halides is 3. The average molecular weight is 577 g/mol. The maximum atomic E-state index is 14.0. The minimum absolute atomic E-state index is 0.116. The van der Waals surface area contributed by atoms with E-state index in [4.69, 9.17) is 4.74 Å². The normalized spacial score (nSPS) is 22.9. The Labute approximate surface area is 239 Å². The van der Waals surface area contributed by atoms with Crippen LogP contribution in [0.3, 0.4) is 0 Å². The van der Waals surface area contributed by atoms with Gasteiger partial charge in [-0.2, -0.15) is 13.2 Å². The molecule has 1 aliphatic heterocycles. The summed E-state index contributed by atoms with van der Waals surface area (Å²) in [5.41, 5.74) is 2.94. The smallest absolute Gasteiger partial charge is 0.416 e. The maximum Gasteiger partial charge on any atom is 0.416 e. The monoisotopic (exact) mass is 576 g/mol. The van der Waals surface area contributed by atoms with E-state index < -0.39 is 65.8 Å². The highest BCUT2D eigenvalue weighted by atomic mass is 19.4. The van der Waals surface area contributed by atoms with Gasteiger partial charge in [-0.1, -0.05) is 68.4 Å². The molecule has 1 heterocycles. The zero-order valence-corrected chi connectivity index (χ0v) is 22.7. The molecule has 0 aromatic heterocycles. The Morgan fingerprint density at radius 3 is 1.79 bits per heavy atom. The molecule has 3 atom stereocenters. The van der Waals surface area contributed by atoms with Gasteiger partial charge in [-0.3, -0.25) is 19.3 Å². The van der Waals surface area contributed by atoms with Crippen molar-refractivity contribution in [2.75, 3.05) is 11.9 Å². The van der Waals surface area contributed by atoms with E-state index in [0.717, 1.165) is 45.4 Å². The van der Waals surface area contributed by atoms with Crippen LogP contribution in [0.5, 0.6) is 0 Å². The zero-order chi connectivity index (χ0) is 29.9. The lowest BCUT2D eigenvalue weighted by atomic mass is 9.55. The summed E-state index contributed by atoms with van der Waals surface area (Å²) in [6.07, 6.45) is -4.59. The van der Waals surface area contributed by atoms with E-state index in [9.17, 15) is 32.3 Å². The molecule has 0 unspecified atom stereocenters. The van der Waals surface area contributed by atoms with Crippen molar-refractivity contribution in [3.8, 4) is 0 Å². The molecule has 7 nitrogen and oxygen atoms in total. The molecule has 4 aliphatic rings. The van der Waals surface area contributed by atoms with Gasteiger partial charge in [0.15, 0.2) is 6.61 Å². The van der Waals surface area contributed by atoms with Gasteiger partial charge in [-0.05, 0) is 46.4 Å². The van der Waals surface area contributed by atoms with Crippen LogP contribution in [-0.4, -0.2) is 41.2 Å². The molecule has 3 aliphatic carbocycles. The van der Waals surface area contributed by atoms with E-state index in [1.54, 1.807) is 13.8 Å². The number of nitrogens with zero attached hydrogens (tertiary/aromatic N) is 1. The van der Waals surface area contributed by atoms with Gasteiger partial charge < -0.3 is 10.1 Å². The highest BCUT2D eigenvalue weighted by Gasteiger charge is 2.63. The highest BCUT2D eigenvalue weighted by Crippen LogP contribution is 2.61. The van der Waals surface area contributed by atoms with E-state index in [1.165, 1.54) is 6.07 Å². The first-order valence-corrected chi connectivity index (χ1v) is 13.7. The predicted molar refractivity (Wildman–Crippen MR) is 145 cm³/mol. The molecule has 1 fully saturated rings. The van der Waals surface area contributed by atoms with Crippen LogP contribution in [-0.2, 0) is 30.1 Å². The Balaban J connectivity index is 1.23. The van der Waals surface area contributed by atoms with Crippen LogP contribution in [0.1, 0.15) is 53.5 Å². The third-order valence-electron chi connectivity index (χ3n) is 8.45. The minimum Gasteiger partial charge on any atom is -0.454 e. The Morgan fingerprint density at radius 2 is 1.33 bits per heavy atom. The molecule has 1 N–H and O–H groups in total. The molecule has 42 heavy (non-hydrogen) atoms. The molecule has 0 saturated carbocycles. The van der Waals surface area contributed by atoms with Crippen molar-refractivity contribution in [3.63, 3.8) is 0 Å². The summed E-state index contributed by atoms with van der Waals surface area (Å²) < 4.78 is 44.3. The molecule has 3 aromatic rings. The van der Waals surface area contributed by atoms with Crippen LogP contribution >= 0.6 is 0 Å². The number of halogens is 3. The SMILES string of the molecule is CC(C)[C@H](C(=O)OCC(=O)Nc1cccc(C(F)(F)F)c1)N1C(=O)[C@@H]2C3c4ccccc4C(c4ccccc43)[C@@H]2C1=O. The number of nitrogens with one attached hydrogen (secondary N) is 1. The van der Waals surface area contributed by atoms with Crippen molar-refractivity contribution < 1.29 is 37.1 Å². The fourth-order valence-electron chi connectivity index (χ4n) is 6.84. The van der Waals surface area contributed by atoms with Crippen molar-refractivity contribution in [1.29, 1.82) is 0 Å². The number of carbonyl (C=O) groups excluding carboxylic acids is 4. The van der Waals surface area contributed by atoms with E-state index >= 15 is 0 Å². The molecule has 2 bridgehead atoms. The highest BCUT2D eigenvalue weighted by molar-refractivity contribution is 6.10. The van der Waals surface area contributed by atoms with Crippen LogP contribution in [0.25, 0.3) is 0 Å². The molecule has 10 heteroatoms. The second-order valence-corrected chi connectivity index (χ2v) is 11.2. The number of amides is 3. The summed E-state index contributed by atoms with van der Waals surface area (Å²) in [5, 5.41) is 2.28. The molecular formula is C32H27F3N2O5. The maximum absolute atomic E-state index is 14.0. The number of imide groups is 1. The Bertz CT molecular complexity index is 1500.